The molecular weight excluding hydrogens is 216 g/mol. The molecule has 1 fully saturated rings. The normalized spacial score (nSPS) is 26.6. The second kappa shape index (κ2) is 4.40. The zero-order valence-corrected chi connectivity index (χ0v) is 10.3. The van der Waals surface area contributed by atoms with Gasteiger partial charge in [-0.25, -0.2) is 0 Å². The van der Waals surface area contributed by atoms with Crippen molar-refractivity contribution in [1.82, 2.24) is 0 Å². The fourth-order valence-electron chi connectivity index (χ4n) is 2.58. The first-order chi connectivity index (χ1) is 8.15. The van der Waals surface area contributed by atoms with Crippen molar-refractivity contribution in [3.63, 3.8) is 0 Å². The number of carboxylic acids is 1. The summed E-state index contributed by atoms with van der Waals surface area (Å²) in [6.45, 7) is 4.60. The summed E-state index contributed by atoms with van der Waals surface area (Å²) in [5.41, 5.74) is 0.264. The molecule has 1 aromatic rings. The molecule has 2 atom stereocenters. The maximum atomic E-state index is 11.4. The van der Waals surface area contributed by atoms with Crippen LogP contribution in [0.1, 0.15) is 32.3 Å². The number of rotatable bonds is 5. The fraction of sp³-hybridized carbons (Fsp3) is 0.500. The van der Waals surface area contributed by atoms with Crippen LogP contribution >= 0.6 is 0 Å². The van der Waals surface area contributed by atoms with Crippen molar-refractivity contribution in [3.8, 4) is 5.75 Å². The van der Waals surface area contributed by atoms with Gasteiger partial charge in [0.05, 0.1) is 12.0 Å². The average molecular weight is 234 g/mol. The highest BCUT2D eigenvalue weighted by molar-refractivity contribution is 5.85. The monoisotopic (exact) mass is 234 g/mol. The summed E-state index contributed by atoms with van der Waals surface area (Å²) in [7, 11) is 0. The van der Waals surface area contributed by atoms with Crippen molar-refractivity contribution < 1.29 is 14.6 Å². The summed E-state index contributed by atoms with van der Waals surface area (Å²) < 4.78 is 5.36. The highest BCUT2D eigenvalue weighted by Crippen LogP contribution is 2.56. The standard InChI is InChI=1S/C14H18O3/c1-3-10-9-14(10,13(15)16)11-5-7-12(8-6-11)17-4-2/h5-8,10H,3-4,9H2,1-2H3,(H,15,16). The van der Waals surface area contributed by atoms with E-state index in [0.29, 0.717) is 6.61 Å². The molecule has 3 heteroatoms. The largest absolute Gasteiger partial charge is 0.494 e. The smallest absolute Gasteiger partial charge is 0.314 e. The zero-order valence-electron chi connectivity index (χ0n) is 10.3. The molecule has 2 rings (SSSR count). The Morgan fingerprint density at radius 1 is 1.41 bits per heavy atom. The molecule has 1 N–H and O–H groups in total. The highest BCUT2D eigenvalue weighted by atomic mass is 16.5. The van der Waals surface area contributed by atoms with Crippen LogP contribution < -0.4 is 4.74 Å². The lowest BCUT2D eigenvalue weighted by molar-refractivity contribution is -0.140. The third-order valence-electron chi connectivity index (χ3n) is 3.66. The summed E-state index contributed by atoms with van der Waals surface area (Å²) in [4.78, 5) is 11.4. The molecule has 0 amide bonds. The first kappa shape index (κ1) is 12.0. The lowest BCUT2D eigenvalue weighted by Crippen LogP contribution is -2.22. The maximum Gasteiger partial charge on any atom is 0.314 e. The molecule has 1 saturated carbocycles. The molecule has 0 aliphatic heterocycles. The molecule has 1 aliphatic rings. The predicted molar refractivity (Wildman–Crippen MR) is 65.3 cm³/mol. The van der Waals surface area contributed by atoms with Crippen LogP contribution in [0.15, 0.2) is 24.3 Å². The summed E-state index contributed by atoms with van der Waals surface area (Å²) in [5.74, 6) is 0.372. The second-order valence-corrected chi connectivity index (χ2v) is 4.54. The number of carboxylic acid groups (broad SMARTS) is 1. The van der Waals surface area contributed by atoms with Crippen molar-refractivity contribution in [3.05, 3.63) is 29.8 Å². The molecule has 0 spiro atoms. The van der Waals surface area contributed by atoms with Gasteiger partial charge in [-0.15, -0.1) is 0 Å². The van der Waals surface area contributed by atoms with E-state index in [0.717, 1.165) is 24.2 Å². The van der Waals surface area contributed by atoms with Crippen LogP contribution in [0.2, 0.25) is 0 Å². The van der Waals surface area contributed by atoms with E-state index in [1.54, 1.807) is 0 Å². The van der Waals surface area contributed by atoms with Gasteiger partial charge in [0, 0.05) is 0 Å². The van der Waals surface area contributed by atoms with Crippen molar-refractivity contribution in [2.75, 3.05) is 6.61 Å². The van der Waals surface area contributed by atoms with Gasteiger partial charge in [0.1, 0.15) is 5.75 Å². The first-order valence-corrected chi connectivity index (χ1v) is 6.11. The minimum atomic E-state index is -0.700. The minimum absolute atomic E-state index is 0.276. The lowest BCUT2D eigenvalue weighted by Gasteiger charge is -2.13. The predicted octanol–water partition coefficient (Wildman–Crippen LogP) is 2.84. The molecule has 0 aromatic heterocycles. The Hall–Kier alpha value is -1.51. The van der Waals surface area contributed by atoms with Gasteiger partial charge in [-0.3, -0.25) is 4.79 Å². The molecule has 92 valence electrons. The van der Waals surface area contributed by atoms with E-state index >= 15 is 0 Å². The first-order valence-electron chi connectivity index (χ1n) is 6.11. The van der Waals surface area contributed by atoms with E-state index in [1.165, 1.54) is 0 Å². The summed E-state index contributed by atoms with van der Waals surface area (Å²) in [6, 6.07) is 7.48. The molecule has 2 unspecified atom stereocenters. The second-order valence-electron chi connectivity index (χ2n) is 4.54. The van der Waals surface area contributed by atoms with Gasteiger partial charge in [0.25, 0.3) is 0 Å². The molecule has 3 nitrogen and oxygen atoms in total. The highest BCUT2D eigenvalue weighted by Gasteiger charge is 2.60. The molecule has 1 aliphatic carbocycles. The Morgan fingerprint density at radius 2 is 2.06 bits per heavy atom. The van der Waals surface area contributed by atoms with Gasteiger partial charge in [0.15, 0.2) is 0 Å². The van der Waals surface area contributed by atoms with E-state index in [1.807, 2.05) is 38.1 Å². The number of hydrogen-bond donors (Lipinski definition) is 1. The maximum absolute atomic E-state index is 11.4. The van der Waals surface area contributed by atoms with Crippen LogP contribution in [-0.2, 0) is 10.2 Å². The van der Waals surface area contributed by atoms with Crippen LogP contribution in [0, 0.1) is 5.92 Å². The van der Waals surface area contributed by atoms with Crippen LogP contribution in [0.4, 0.5) is 0 Å². The van der Waals surface area contributed by atoms with Gasteiger partial charge in [-0.2, -0.15) is 0 Å². The van der Waals surface area contributed by atoms with Gasteiger partial charge in [-0.1, -0.05) is 25.5 Å². The fourth-order valence-corrected chi connectivity index (χ4v) is 2.58. The van der Waals surface area contributed by atoms with Crippen molar-refractivity contribution in [1.29, 1.82) is 0 Å². The van der Waals surface area contributed by atoms with Crippen molar-refractivity contribution in [2.45, 2.75) is 32.1 Å². The molecule has 0 heterocycles. The average Bonchev–Trinajstić information content (AvgIpc) is 3.06. The molecule has 0 bridgehead atoms. The number of carbonyl (C=O) groups is 1. The topological polar surface area (TPSA) is 46.5 Å². The van der Waals surface area contributed by atoms with Crippen LogP contribution in [0.3, 0.4) is 0 Å². The Morgan fingerprint density at radius 3 is 2.47 bits per heavy atom. The third-order valence-corrected chi connectivity index (χ3v) is 3.66. The van der Waals surface area contributed by atoms with Crippen LogP contribution in [0.5, 0.6) is 5.75 Å². The number of ether oxygens (including phenoxy) is 1. The van der Waals surface area contributed by atoms with Crippen LogP contribution in [0.25, 0.3) is 0 Å². The molecule has 0 saturated heterocycles. The minimum Gasteiger partial charge on any atom is -0.494 e. The summed E-state index contributed by atoms with van der Waals surface area (Å²) >= 11 is 0. The van der Waals surface area contributed by atoms with Gasteiger partial charge < -0.3 is 9.84 Å². The lowest BCUT2D eigenvalue weighted by atomic mass is 9.92. The van der Waals surface area contributed by atoms with Crippen molar-refractivity contribution >= 4 is 5.97 Å². The molecule has 17 heavy (non-hydrogen) atoms. The van der Waals surface area contributed by atoms with Gasteiger partial charge in [-0.05, 0) is 37.0 Å². The number of hydrogen-bond acceptors (Lipinski definition) is 2. The Balaban J connectivity index is 2.24. The Bertz CT molecular complexity index is 410. The Labute approximate surface area is 101 Å². The van der Waals surface area contributed by atoms with E-state index in [2.05, 4.69) is 0 Å². The molecule has 0 radical (unpaired) electrons. The quantitative estimate of drug-likeness (QED) is 0.852. The van der Waals surface area contributed by atoms with E-state index in [-0.39, 0.29) is 5.92 Å². The SMILES string of the molecule is CCOc1ccc(C2(C(=O)O)CC2CC)cc1. The van der Waals surface area contributed by atoms with Gasteiger partial charge in [0.2, 0.25) is 0 Å². The van der Waals surface area contributed by atoms with E-state index in [4.69, 9.17) is 4.74 Å². The van der Waals surface area contributed by atoms with Gasteiger partial charge >= 0.3 is 5.97 Å². The summed E-state index contributed by atoms with van der Waals surface area (Å²) in [5, 5.41) is 9.40. The molecular formula is C14H18O3. The van der Waals surface area contributed by atoms with Crippen molar-refractivity contribution in [2.24, 2.45) is 5.92 Å². The Kier molecular flexibility index (Phi) is 3.09. The number of aliphatic carboxylic acids is 1. The van der Waals surface area contributed by atoms with E-state index < -0.39 is 11.4 Å². The summed E-state index contributed by atoms with van der Waals surface area (Å²) in [6.07, 6.45) is 1.67. The number of benzene rings is 1. The third kappa shape index (κ3) is 1.90. The molecule has 1 aromatic carbocycles. The zero-order chi connectivity index (χ0) is 12.5. The van der Waals surface area contributed by atoms with Crippen LogP contribution in [-0.4, -0.2) is 17.7 Å². The van der Waals surface area contributed by atoms with E-state index in [9.17, 15) is 9.90 Å².